The van der Waals surface area contributed by atoms with Gasteiger partial charge >= 0.3 is 6.18 Å². The van der Waals surface area contributed by atoms with Crippen LogP contribution in [0.4, 0.5) is 13.2 Å². The largest absolute Gasteiger partial charge is 0.439 e. The van der Waals surface area contributed by atoms with Gasteiger partial charge in [-0.3, -0.25) is 4.79 Å². The molecular weight excluding hydrogens is 345 g/mol. The Hall–Kier alpha value is -1.60. The normalized spacial score (nSPS) is 27.0. The van der Waals surface area contributed by atoms with Crippen LogP contribution in [0, 0.1) is 12.8 Å². The van der Waals surface area contributed by atoms with Gasteiger partial charge in [-0.25, -0.2) is 0 Å². The molecule has 0 unspecified atom stereocenters. The highest BCUT2D eigenvalue weighted by Crippen LogP contribution is 2.48. The van der Waals surface area contributed by atoms with Gasteiger partial charge in [0, 0.05) is 16.3 Å². The van der Waals surface area contributed by atoms with Crippen molar-refractivity contribution >= 4 is 23.2 Å². The zero-order valence-electron chi connectivity index (χ0n) is 12.9. The topological polar surface area (TPSA) is 52.9 Å². The summed E-state index contributed by atoms with van der Waals surface area (Å²) in [6, 6.07) is 4.21. The maximum absolute atomic E-state index is 13.6. The molecule has 130 valence electrons. The van der Waals surface area contributed by atoms with Crippen molar-refractivity contribution in [3.63, 3.8) is 0 Å². The smallest absolute Gasteiger partial charge is 0.362 e. The summed E-state index contributed by atoms with van der Waals surface area (Å²) in [5, 5.41) is 14.8. The van der Waals surface area contributed by atoms with Crippen molar-refractivity contribution in [3.05, 3.63) is 34.3 Å². The van der Waals surface area contributed by atoms with E-state index in [0.717, 1.165) is 0 Å². The molecule has 0 aromatic heterocycles. The second-order valence-electron chi connectivity index (χ2n) is 6.19. The number of nitrogens with zero attached hydrogens (tertiary/aromatic N) is 2. The van der Waals surface area contributed by atoms with Gasteiger partial charge in [-0.05, 0) is 43.9 Å². The molecule has 1 amide bonds. The van der Waals surface area contributed by atoms with Gasteiger partial charge in [0.1, 0.15) is 0 Å². The van der Waals surface area contributed by atoms with Gasteiger partial charge in [0.15, 0.2) is 0 Å². The van der Waals surface area contributed by atoms with Gasteiger partial charge in [-0.2, -0.15) is 23.3 Å². The highest BCUT2D eigenvalue weighted by Gasteiger charge is 2.68. The van der Waals surface area contributed by atoms with E-state index in [2.05, 4.69) is 5.10 Å². The summed E-state index contributed by atoms with van der Waals surface area (Å²) in [5.74, 6) is -2.23. The Morgan fingerprint density at radius 2 is 2.12 bits per heavy atom. The van der Waals surface area contributed by atoms with Crippen LogP contribution in [0.15, 0.2) is 23.3 Å². The lowest BCUT2D eigenvalue weighted by molar-refractivity contribution is -0.312. The minimum absolute atomic E-state index is 0.0451. The molecule has 1 saturated carbocycles. The van der Waals surface area contributed by atoms with Crippen molar-refractivity contribution < 1.29 is 23.1 Å². The number of carbonyl (C=O) groups excluding carboxylic acids is 1. The SMILES string of the molecule is Cc1ccc(C(=O)N2N=C3CCCC[C@H]3[C@]2(O)C(F)(F)F)cc1Cl. The third kappa shape index (κ3) is 2.50. The molecule has 0 bridgehead atoms. The summed E-state index contributed by atoms with van der Waals surface area (Å²) in [7, 11) is 0. The molecule has 24 heavy (non-hydrogen) atoms. The minimum Gasteiger partial charge on any atom is -0.362 e. The van der Waals surface area contributed by atoms with Crippen LogP contribution >= 0.6 is 11.6 Å². The number of hydrogen-bond acceptors (Lipinski definition) is 3. The summed E-state index contributed by atoms with van der Waals surface area (Å²) in [5.41, 5.74) is -2.43. The van der Waals surface area contributed by atoms with Crippen molar-refractivity contribution in [3.8, 4) is 0 Å². The van der Waals surface area contributed by atoms with E-state index in [4.69, 9.17) is 11.6 Å². The highest BCUT2D eigenvalue weighted by molar-refractivity contribution is 6.31. The van der Waals surface area contributed by atoms with E-state index < -0.39 is 23.7 Å². The van der Waals surface area contributed by atoms with Crippen LogP contribution in [0.5, 0.6) is 0 Å². The standard InChI is InChI=1S/C16H16ClF3N2O2/c1-9-6-7-10(8-12(9)17)14(23)22-15(24,16(18,19)20)11-4-2-3-5-13(11)21-22/h6-8,11,24H,2-5H2,1H3/t11-,15+/m1/s1. The maximum Gasteiger partial charge on any atom is 0.439 e. The average molecular weight is 361 g/mol. The van der Waals surface area contributed by atoms with Crippen LogP contribution in [0.1, 0.15) is 41.6 Å². The lowest BCUT2D eigenvalue weighted by Crippen LogP contribution is -2.61. The van der Waals surface area contributed by atoms with E-state index in [9.17, 15) is 23.1 Å². The van der Waals surface area contributed by atoms with Gasteiger partial charge < -0.3 is 5.11 Å². The van der Waals surface area contributed by atoms with Gasteiger partial charge in [-0.15, -0.1) is 0 Å². The summed E-state index contributed by atoms with van der Waals surface area (Å²) in [6.07, 6.45) is -3.26. The molecule has 8 heteroatoms. The predicted octanol–water partition coefficient (Wildman–Crippen LogP) is 3.90. The van der Waals surface area contributed by atoms with Gasteiger partial charge in [0.05, 0.1) is 5.92 Å². The Labute approximate surface area is 141 Å². The van der Waals surface area contributed by atoms with Crippen LogP contribution in [0.3, 0.4) is 0 Å². The first-order valence-corrected chi connectivity index (χ1v) is 8.01. The van der Waals surface area contributed by atoms with E-state index in [1.54, 1.807) is 13.0 Å². The molecule has 1 aliphatic heterocycles. The first-order valence-electron chi connectivity index (χ1n) is 7.63. The number of hydrazone groups is 1. The molecule has 0 spiro atoms. The zero-order valence-corrected chi connectivity index (χ0v) is 13.7. The van der Waals surface area contributed by atoms with E-state index >= 15 is 0 Å². The Balaban J connectivity index is 2.05. The fraction of sp³-hybridized carbons (Fsp3) is 0.500. The fourth-order valence-electron chi connectivity index (χ4n) is 3.27. The summed E-state index contributed by atoms with van der Waals surface area (Å²) >= 11 is 5.96. The summed E-state index contributed by atoms with van der Waals surface area (Å²) in [6.45, 7) is 1.72. The van der Waals surface area contributed by atoms with Crippen molar-refractivity contribution in [2.24, 2.45) is 11.0 Å². The maximum atomic E-state index is 13.6. The van der Waals surface area contributed by atoms with E-state index in [1.807, 2.05) is 0 Å². The van der Waals surface area contributed by atoms with Crippen LogP contribution in [0.25, 0.3) is 0 Å². The molecule has 1 fully saturated rings. The number of hydrogen-bond donors (Lipinski definition) is 1. The summed E-state index contributed by atoms with van der Waals surface area (Å²) < 4.78 is 40.9. The van der Waals surface area contributed by atoms with Crippen molar-refractivity contribution in [2.45, 2.75) is 44.5 Å². The molecule has 4 nitrogen and oxygen atoms in total. The van der Waals surface area contributed by atoms with E-state index in [-0.39, 0.29) is 27.7 Å². The quantitative estimate of drug-likeness (QED) is 0.825. The number of rotatable bonds is 1. The van der Waals surface area contributed by atoms with Crippen molar-refractivity contribution in [1.29, 1.82) is 0 Å². The predicted molar refractivity (Wildman–Crippen MR) is 82.8 cm³/mol. The van der Waals surface area contributed by atoms with E-state index in [0.29, 0.717) is 24.8 Å². The minimum atomic E-state index is -5.01. The molecule has 1 aromatic carbocycles. The number of benzene rings is 1. The molecular formula is C16H16ClF3N2O2. The Morgan fingerprint density at radius 1 is 1.42 bits per heavy atom. The molecule has 1 N–H and O–H groups in total. The van der Waals surface area contributed by atoms with Gasteiger partial charge in [0.25, 0.3) is 11.6 Å². The summed E-state index contributed by atoms with van der Waals surface area (Å²) in [4.78, 5) is 12.6. The molecule has 1 heterocycles. The molecule has 0 saturated heterocycles. The van der Waals surface area contributed by atoms with Crippen LogP contribution in [0.2, 0.25) is 5.02 Å². The van der Waals surface area contributed by atoms with E-state index in [1.165, 1.54) is 12.1 Å². The fourth-order valence-corrected chi connectivity index (χ4v) is 3.45. The monoisotopic (exact) mass is 360 g/mol. The zero-order chi connectivity index (χ0) is 17.7. The first kappa shape index (κ1) is 17.2. The number of amides is 1. The number of carbonyl (C=O) groups is 1. The number of aryl methyl sites for hydroxylation is 1. The van der Waals surface area contributed by atoms with Crippen LogP contribution in [-0.4, -0.2) is 33.6 Å². The number of halogens is 4. The number of alkyl halides is 3. The van der Waals surface area contributed by atoms with Crippen LogP contribution < -0.4 is 0 Å². The Kier molecular flexibility index (Phi) is 4.12. The average Bonchev–Trinajstić information content (AvgIpc) is 2.84. The second-order valence-corrected chi connectivity index (χ2v) is 6.60. The Bertz CT molecular complexity index is 720. The molecule has 2 atom stereocenters. The Morgan fingerprint density at radius 3 is 2.75 bits per heavy atom. The molecule has 1 aliphatic carbocycles. The van der Waals surface area contributed by atoms with Gasteiger partial charge in [0.2, 0.25) is 0 Å². The van der Waals surface area contributed by atoms with Crippen molar-refractivity contribution in [1.82, 2.24) is 5.01 Å². The molecule has 2 aliphatic rings. The third-order valence-electron chi connectivity index (χ3n) is 4.64. The van der Waals surface area contributed by atoms with Crippen molar-refractivity contribution in [2.75, 3.05) is 0 Å². The lowest BCUT2D eigenvalue weighted by Gasteiger charge is -2.38. The number of fused-ring (bicyclic) bond motifs is 1. The van der Waals surface area contributed by atoms with Gasteiger partial charge in [-0.1, -0.05) is 24.1 Å². The van der Waals surface area contributed by atoms with Crippen LogP contribution in [-0.2, 0) is 0 Å². The molecule has 3 rings (SSSR count). The second kappa shape index (κ2) is 5.74. The first-order chi connectivity index (χ1) is 11.2. The third-order valence-corrected chi connectivity index (χ3v) is 5.05. The number of aliphatic hydroxyl groups is 1. The molecule has 0 radical (unpaired) electrons. The lowest BCUT2D eigenvalue weighted by atomic mass is 9.80. The molecule has 1 aromatic rings. The highest BCUT2D eigenvalue weighted by atomic mass is 35.5.